The van der Waals surface area contributed by atoms with E-state index in [2.05, 4.69) is 47.5 Å². The van der Waals surface area contributed by atoms with E-state index < -0.39 is 0 Å². The number of hydrogen-bond acceptors (Lipinski definition) is 2. The summed E-state index contributed by atoms with van der Waals surface area (Å²) in [6.45, 7) is 0.598. The van der Waals surface area contributed by atoms with Gasteiger partial charge in [0.25, 0.3) is 0 Å². The Hall–Kier alpha value is -2.64. The van der Waals surface area contributed by atoms with Crippen LogP contribution in [0.3, 0.4) is 0 Å². The van der Waals surface area contributed by atoms with Crippen LogP contribution in [0.15, 0.2) is 81.7 Å². The second kappa shape index (κ2) is 8.16. The molecule has 0 radical (unpaired) electrons. The van der Waals surface area contributed by atoms with Gasteiger partial charge in [0.2, 0.25) is 5.95 Å². The number of carbonyl (C=O) groups is 1. The number of fused-ring (bicyclic) bond motifs is 1. The molecule has 4 aromatic rings. The Morgan fingerprint density at radius 1 is 0.893 bits per heavy atom. The van der Waals surface area contributed by atoms with Gasteiger partial charge in [-0.25, -0.2) is 9.78 Å². The van der Waals surface area contributed by atoms with Crippen molar-refractivity contribution in [1.82, 2.24) is 9.55 Å². The minimum absolute atomic E-state index is 0.342. The number of rotatable bonds is 4. The largest absolute Gasteiger partial charge is 0.326 e. The second-order valence-electron chi connectivity index (χ2n) is 6.23. The molecule has 28 heavy (non-hydrogen) atoms. The normalized spacial score (nSPS) is 10.8. The molecule has 7 heteroatoms. The molecule has 1 aromatic heterocycles. The van der Waals surface area contributed by atoms with E-state index >= 15 is 0 Å². The molecule has 3 aromatic carbocycles. The lowest BCUT2D eigenvalue weighted by Crippen LogP contribution is -2.22. The van der Waals surface area contributed by atoms with Crippen molar-refractivity contribution in [3.05, 3.63) is 87.3 Å². The van der Waals surface area contributed by atoms with E-state index in [9.17, 15) is 4.79 Å². The van der Waals surface area contributed by atoms with Crippen molar-refractivity contribution < 1.29 is 4.79 Å². The molecule has 0 aliphatic rings. The van der Waals surface area contributed by atoms with E-state index in [1.807, 2.05) is 77.4 Å². The number of hydrogen-bond donors (Lipinski definition) is 2. The number of imidazole rings is 1. The molecule has 5 nitrogen and oxygen atoms in total. The molecule has 0 bridgehead atoms. The summed E-state index contributed by atoms with van der Waals surface area (Å²) < 4.78 is 3.92. The van der Waals surface area contributed by atoms with Crippen LogP contribution in [-0.4, -0.2) is 15.6 Å². The van der Waals surface area contributed by atoms with Gasteiger partial charge in [-0.05, 0) is 48.0 Å². The van der Waals surface area contributed by atoms with Gasteiger partial charge in [0.15, 0.2) is 0 Å². The highest BCUT2D eigenvalue weighted by molar-refractivity contribution is 9.10. The Kier molecular flexibility index (Phi) is 5.45. The van der Waals surface area contributed by atoms with Crippen molar-refractivity contribution in [2.24, 2.45) is 0 Å². The number of nitrogens with one attached hydrogen (secondary N) is 2. The van der Waals surface area contributed by atoms with E-state index in [1.54, 1.807) is 0 Å². The van der Waals surface area contributed by atoms with Gasteiger partial charge in [0.1, 0.15) is 0 Å². The van der Waals surface area contributed by atoms with Crippen molar-refractivity contribution >= 4 is 60.6 Å². The molecule has 0 aliphatic carbocycles. The fraction of sp³-hybridized carbons (Fsp3) is 0.0476. The average molecular weight is 500 g/mol. The summed E-state index contributed by atoms with van der Waals surface area (Å²) in [5, 5.41) is 5.71. The molecule has 1 heterocycles. The molecule has 0 atom stereocenters. The first kappa shape index (κ1) is 18.7. The van der Waals surface area contributed by atoms with Crippen molar-refractivity contribution in [3.63, 3.8) is 0 Å². The molecule has 2 N–H and O–H groups in total. The zero-order valence-electron chi connectivity index (χ0n) is 14.7. The van der Waals surface area contributed by atoms with Gasteiger partial charge in [0, 0.05) is 14.6 Å². The summed E-state index contributed by atoms with van der Waals surface area (Å²) in [5.74, 6) is 0.497. The van der Waals surface area contributed by atoms with Crippen LogP contribution in [0.2, 0.25) is 0 Å². The van der Waals surface area contributed by atoms with Crippen LogP contribution < -0.4 is 10.6 Å². The maximum absolute atomic E-state index is 12.5. The second-order valence-corrected chi connectivity index (χ2v) is 8.06. The van der Waals surface area contributed by atoms with Gasteiger partial charge in [-0.3, -0.25) is 5.32 Å². The lowest BCUT2D eigenvalue weighted by molar-refractivity contribution is 0.262. The van der Waals surface area contributed by atoms with Gasteiger partial charge in [-0.1, -0.05) is 62.2 Å². The molecule has 0 saturated heterocycles. The standard InChI is InChI=1S/C21H16Br2N4O/c22-15-10-8-14(9-11-15)13-27-19-7-2-1-6-18(19)25-20(27)26-21(28)24-17-5-3-4-16(23)12-17/h1-12H,13H2,(H2,24,25,26,28). The number of carbonyl (C=O) groups excluding carboxylic acids is 1. The van der Waals surface area contributed by atoms with E-state index in [0.717, 1.165) is 25.5 Å². The quantitative estimate of drug-likeness (QED) is 0.348. The summed E-state index contributed by atoms with van der Waals surface area (Å²) in [4.78, 5) is 17.1. The van der Waals surface area contributed by atoms with Gasteiger partial charge in [-0.2, -0.15) is 0 Å². The number of benzene rings is 3. The summed E-state index contributed by atoms with van der Waals surface area (Å²) in [6.07, 6.45) is 0. The van der Waals surface area contributed by atoms with Crippen molar-refractivity contribution in [1.29, 1.82) is 0 Å². The molecule has 0 saturated carbocycles. The SMILES string of the molecule is O=C(Nc1cccc(Br)c1)Nc1nc2ccccc2n1Cc1ccc(Br)cc1. The Balaban J connectivity index is 1.62. The topological polar surface area (TPSA) is 59.0 Å². The highest BCUT2D eigenvalue weighted by atomic mass is 79.9. The Morgan fingerprint density at radius 3 is 2.46 bits per heavy atom. The van der Waals surface area contributed by atoms with E-state index in [0.29, 0.717) is 18.2 Å². The lowest BCUT2D eigenvalue weighted by Gasteiger charge is -2.11. The predicted molar refractivity (Wildman–Crippen MR) is 120 cm³/mol. The number of aromatic nitrogens is 2. The number of nitrogens with zero attached hydrogens (tertiary/aromatic N) is 2. The van der Waals surface area contributed by atoms with E-state index in [4.69, 9.17) is 0 Å². The van der Waals surface area contributed by atoms with Gasteiger partial charge < -0.3 is 9.88 Å². The van der Waals surface area contributed by atoms with Crippen LogP contribution in [0.1, 0.15) is 5.56 Å². The lowest BCUT2D eigenvalue weighted by atomic mass is 10.2. The third-order valence-electron chi connectivity index (χ3n) is 4.22. The van der Waals surface area contributed by atoms with Crippen LogP contribution in [0.5, 0.6) is 0 Å². The highest BCUT2D eigenvalue weighted by Gasteiger charge is 2.14. The predicted octanol–water partition coefficient (Wildman–Crippen LogP) is 6.25. The summed E-state index contributed by atoms with van der Waals surface area (Å²) >= 11 is 6.86. The first-order chi connectivity index (χ1) is 13.6. The minimum atomic E-state index is -0.342. The number of urea groups is 1. The molecular weight excluding hydrogens is 484 g/mol. The maximum atomic E-state index is 12.5. The van der Waals surface area contributed by atoms with Crippen molar-refractivity contribution in [3.8, 4) is 0 Å². The number of para-hydroxylation sites is 2. The van der Waals surface area contributed by atoms with Gasteiger partial charge in [-0.15, -0.1) is 0 Å². The fourth-order valence-corrected chi connectivity index (χ4v) is 3.60. The van der Waals surface area contributed by atoms with Crippen molar-refractivity contribution in [2.45, 2.75) is 6.54 Å². The van der Waals surface area contributed by atoms with Crippen LogP contribution in [0.25, 0.3) is 11.0 Å². The smallest absolute Gasteiger partial charge is 0.308 e. The number of halogens is 2. The number of anilines is 2. The van der Waals surface area contributed by atoms with Crippen LogP contribution in [0, 0.1) is 0 Å². The first-order valence-electron chi connectivity index (χ1n) is 8.62. The summed E-state index contributed by atoms with van der Waals surface area (Å²) in [5.41, 5.74) is 3.60. The fourth-order valence-electron chi connectivity index (χ4n) is 2.93. The van der Waals surface area contributed by atoms with Crippen molar-refractivity contribution in [2.75, 3.05) is 10.6 Å². The van der Waals surface area contributed by atoms with Gasteiger partial charge >= 0.3 is 6.03 Å². The van der Waals surface area contributed by atoms with Crippen LogP contribution in [-0.2, 0) is 6.54 Å². The minimum Gasteiger partial charge on any atom is -0.308 e. The molecule has 0 unspecified atom stereocenters. The molecular formula is C21H16Br2N4O. The van der Waals surface area contributed by atoms with Gasteiger partial charge in [0.05, 0.1) is 17.6 Å². The molecule has 0 spiro atoms. The van der Waals surface area contributed by atoms with E-state index in [1.165, 1.54) is 0 Å². The third kappa shape index (κ3) is 4.26. The summed E-state index contributed by atoms with van der Waals surface area (Å²) in [7, 11) is 0. The van der Waals surface area contributed by atoms with Crippen LogP contribution >= 0.6 is 31.9 Å². The maximum Gasteiger partial charge on any atom is 0.326 e. The molecule has 2 amide bonds. The Labute approximate surface area is 179 Å². The molecule has 0 fully saturated rings. The first-order valence-corrected chi connectivity index (χ1v) is 10.2. The zero-order valence-corrected chi connectivity index (χ0v) is 17.9. The van der Waals surface area contributed by atoms with E-state index in [-0.39, 0.29) is 6.03 Å². The number of amides is 2. The summed E-state index contributed by atoms with van der Waals surface area (Å²) in [6, 6.07) is 23.0. The third-order valence-corrected chi connectivity index (χ3v) is 5.24. The zero-order chi connectivity index (χ0) is 19.5. The molecule has 140 valence electrons. The Bertz CT molecular complexity index is 1140. The Morgan fingerprint density at radius 2 is 1.68 bits per heavy atom. The average Bonchev–Trinajstić information content (AvgIpc) is 3.00. The molecule has 0 aliphatic heterocycles. The van der Waals surface area contributed by atoms with Crippen LogP contribution in [0.4, 0.5) is 16.4 Å². The monoisotopic (exact) mass is 498 g/mol. The molecule has 4 rings (SSSR count). The highest BCUT2D eigenvalue weighted by Crippen LogP contribution is 2.22.